The summed E-state index contributed by atoms with van der Waals surface area (Å²) in [6.45, 7) is 0. The molecular weight excluding hydrogens is 214 g/mol. The van der Waals surface area contributed by atoms with E-state index in [0.29, 0.717) is 12.0 Å². The highest BCUT2D eigenvalue weighted by Gasteiger charge is 2.21. The summed E-state index contributed by atoms with van der Waals surface area (Å²) in [6.07, 6.45) is 4.82. The summed E-state index contributed by atoms with van der Waals surface area (Å²) in [5.41, 5.74) is 0.542. The Balaban J connectivity index is 1.98. The van der Waals surface area contributed by atoms with Crippen molar-refractivity contribution >= 4 is 5.97 Å². The van der Waals surface area contributed by atoms with Gasteiger partial charge in [-0.05, 0) is 24.6 Å². The van der Waals surface area contributed by atoms with Crippen LogP contribution in [0.2, 0.25) is 0 Å². The van der Waals surface area contributed by atoms with E-state index < -0.39 is 0 Å². The van der Waals surface area contributed by atoms with E-state index in [0.717, 1.165) is 6.42 Å². The number of hydrogen-bond donors (Lipinski definition) is 0. The summed E-state index contributed by atoms with van der Waals surface area (Å²) in [6, 6.07) is 11.1. The predicted molar refractivity (Wildman–Crippen MR) is 63.1 cm³/mol. The highest BCUT2D eigenvalue weighted by Crippen LogP contribution is 2.20. The average molecular weight is 227 g/mol. The molecule has 1 aromatic rings. The molecule has 0 radical (unpaired) electrons. The zero-order valence-corrected chi connectivity index (χ0v) is 9.37. The Kier molecular flexibility index (Phi) is 3.56. The molecule has 1 aromatic carbocycles. The molecule has 0 amide bonds. The van der Waals surface area contributed by atoms with Crippen molar-refractivity contribution in [2.24, 2.45) is 5.92 Å². The maximum atomic E-state index is 11.8. The molecule has 2 atom stereocenters. The van der Waals surface area contributed by atoms with Gasteiger partial charge in [0.15, 0.2) is 0 Å². The van der Waals surface area contributed by atoms with Crippen LogP contribution in [0.3, 0.4) is 0 Å². The summed E-state index contributed by atoms with van der Waals surface area (Å²) in [7, 11) is 0. The fourth-order valence-electron chi connectivity index (χ4n) is 1.82. The fraction of sp³-hybridized carbons (Fsp3) is 0.286. The topological polar surface area (TPSA) is 50.1 Å². The lowest BCUT2D eigenvalue weighted by Gasteiger charge is -2.20. The van der Waals surface area contributed by atoms with E-state index in [1.807, 2.05) is 18.2 Å². The molecule has 1 aliphatic rings. The first-order valence-corrected chi connectivity index (χ1v) is 5.62. The number of nitriles is 1. The van der Waals surface area contributed by atoms with E-state index in [2.05, 4.69) is 6.07 Å². The second-order valence-corrected chi connectivity index (χ2v) is 4.04. The van der Waals surface area contributed by atoms with Gasteiger partial charge in [0, 0.05) is 6.42 Å². The van der Waals surface area contributed by atoms with Crippen molar-refractivity contribution < 1.29 is 9.53 Å². The Bertz CT molecular complexity index is 459. The molecule has 0 spiro atoms. The number of allylic oxidation sites excluding steroid dienone is 1. The number of benzene rings is 1. The minimum absolute atomic E-state index is 0.0476. The SMILES string of the molecule is N#C[C@@H]1CC=C[C@H](OC(=O)c2ccccc2)C1. The van der Waals surface area contributed by atoms with Crippen LogP contribution >= 0.6 is 0 Å². The number of ether oxygens (including phenoxy) is 1. The van der Waals surface area contributed by atoms with Gasteiger partial charge in [-0.25, -0.2) is 4.79 Å². The lowest BCUT2D eigenvalue weighted by molar-refractivity contribution is 0.0353. The molecule has 2 rings (SSSR count). The number of esters is 1. The lowest BCUT2D eigenvalue weighted by Crippen LogP contribution is -2.21. The zero-order valence-electron chi connectivity index (χ0n) is 9.37. The monoisotopic (exact) mass is 227 g/mol. The van der Waals surface area contributed by atoms with Gasteiger partial charge < -0.3 is 4.74 Å². The first-order chi connectivity index (χ1) is 8.29. The van der Waals surface area contributed by atoms with Crippen LogP contribution in [0, 0.1) is 17.2 Å². The van der Waals surface area contributed by atoms with Gasteiger partial charge in [0.25, 0.3) is 0 Å². The third kappa shape index (κ3) is 2.94. The Morgan fingerprint density at radius 1 is 1.35 bits per heavy atom. The molecule has 86 valence electrons. The highest BCUT2D eigenvalue weighted by atomic mass is 16.5. The van der Waals surface area contributed by atoms with Crippen molar-refractivity contribution in [2.75, 3.05) is 0 Å². The number of nitrogens with zero attached hydrogens (tertiary/aromatic N) is 1. The van der Waals surface area contributed by atoms with E-state index in [1.165, 1.54) is 0 Å². The van der Waals surface area contributed by atoms with Crippen LogP contribution < -0.4 is 0 Å². The maximum Gasteiger partial charge on any atom is 0.338 e. The summed E-state index contributed by atoms with van der Waals surface area (Å²) in [5, 5.41) is 8.84. The largest absolute Gasteiger partial charge is 0.454 e. The van der Waals surface area contributed by atoms with Crippen LogP contribution in [-0.2, 0) is 4.74 Å². The smallest absolute Gasteiger partial charge is 0.338 e. The van der Waals surface area contributed by atoms with Crippen LogP contribution in [0.5, 0.6) is 0 Å². The van der Waals surface area contributed by atoms with Gasteiger partial charge in [-0.1, -0.05) is 24.3 Å². The van der Waals surface area contributed by atoms with Crippen LogP contribution in [0.15, 0.2) is 42.5 Å². The Hall–Kier alpha value is -2.08. The van der Waals surface area contributed by atoms with Gasteiger partial charge in [-0.3, -0.25) is 0 Å². The van der Waals surface area contributed by atoms with Crippen molar-refractivity contribution in [2.45, 2.75) is 18.9 Å². The van der Waals surface area contributed by atoms with Crippen LogP contribution in [0.1, 0.15) is 23.2 Å². The van der Waals surface area contributed by atoms with Gasteiger partial charge in [0.05, 0.1) is 17.6 Å². The predicted octanol–water partition coefficient (Wildman–Crippen LogP) is 2.70. The Morgan fingerprint density at radius 2 is 2.12 bits per heavy atom. The number of hydrogen-bond acceptors (Lipinski definition) is 3. The second kappa shape index (κ2) is 5.31. The molecule has 3 heteroatoms. The molecule has 0 aromatic heterocycles. The number of carbonyl (C=O) groups excluding carboxylic acids is 1. The third-order valence-electron chi connectivity index (χ3n) is 2.74. The molecule has 0 aliphatic heterocycles. The van der Waals surface area contributed by atoms with Crippen LogP contribution in [0.25, 0.3) is 0 Å². The standard InChI is InChI=1S/C14H13NO2/c15-10-11-5-4-8-13(9-11)17-14(16)12-6-2-1-3-7-12/h1-4,6-8,11,13H,5,9H2/t11-,13+/m1/s1. The minimum atomic E-state index is -0.334. The molecule has 0 saturated carbocycles. The quantitative estimate of drug-likeness (QED) is 0.576. The Morgan fingerprint density at radius 3 is 2.82 bits per heavy atom. The normalized spacial score (nSPS) is 22.8. The van der Waals surface area contributed by atoms with E-state index in [9.17, 15) is 4.79 Å². The van der Waals surface area contributed by atoms with E-state index >= 15 is 0 Å². The summed E-state index contributed by atoms with van der Waals surface area (Å²) in [5.74, 6) is -0.382. The molecule has 0 unspecified atom stereocenters. The van der Waals surface area contributed by atoms with Gasteiger partial charge in [0.1, 0.15) is 6.10 Å². The zero-order chi connectivity index (χ0) is 12.1. The van der Waals surface area contributed by atoms with E-state index in [4.69, 9.17) is 10.00 Å². The first-order valence-electron chi connectivity index (χ1n) is 5.62. The lowest BCUT2D eigenvalue weighted by atomic mass is 9.94. The minimum Gasteiger partial charge on any atom is -0.454 e. The summed E-state index contributed by atoms with van der Waals surface area (Å²) in [4.78, 5) is 11.8. The second-order valence-electron chi connectivity index (χ2n) is 4.04. The number of rotatable bonds is 2. The molecular formula is C14H13NO2. The molecule has 0 N–H and O–H groups in total. The molecule has 0 fully saturated rings. The highest BCUT2D eigenvalue weighted by molar-refractivity contribution is 5.89. The summed E-state index contributed by atoms with van der Waals surface area (Å²) < 4.78 is 5.33. The van der Waals surface area contributed by atoms with Gasteiger partial charge in [-0.15, -0.1) is 0 Å². The molecule has 0 saturated heterocycles. The van der Waals surface area contributed by atoms with E-state index in [1.54, 1.807) is 24.3 Å². The third-order valence-corrected chi connectivity index (χ3v) is 2.74. The van der Waals surface area contributed by atoms with Gasteiger partial charge in [-0.2, -0.15) is 5.26 Å². The number of carbonyl (C=O) groups is 1. The molecule has 3 nitrogen and oxygen atoms in total. The van der Waals surface area contributed by atoms with Crippen molar-refractivity contribution in [3.63, 3.8) is 0 Å². The van der Waals surface area contributed by atoms with Crippen molar-refractivity contribution in [3.8, 4) is 6.07 Å². The van der Waals surface area contributed by atoms with Crippen molar-refractivity contribution in [3.05, 3.63) is 48.0 Å². The van der Waals surface area contributed by atoms with Gasteiger partial charge >= 0.3 is 5.97 Å². The van der Waals surface area contributed by atoms with Crippen molar-refractivity contribution in [1.29, 1.82) is 5.26 Å². The molecule has 17 heavy (non-hydrogen) atoms. The van der Waals surface area contributed by atoms with Crippen molar-refractivity contribution in [1.82, 2.24) is 0 Å². The molecule has 0 heterocycles. The van der Waals surface area contributed by atoms with E-state index in [-0.39, 0.29) is 18.0 Å². The van der Waals surface area contributed by atoms with Gasteiger partial charge in [0.2, 0.25) is 0 Å². The van der Waals surface area contributed by atoms with Crippen LogP contribution in [0.4, 0.5) is 0 Å². The molecule has 1 aliphatic carbocycles. The summed E-state index contributed by atoms with van der Waals surface area (Å²) >= 11 is 0. The fourth-order valence-corrected chi connectivity index (χ4v) is 1.82. The molecule has 0 bridgehead atoms. The first kappa shape index (κ1) is 11.4. The average Bonchev–Trinajstić information content (AvgIpc) is 2.40. The Labute approximate surface area is 100 Å². The maximum absolute atomic E-state index is 11.8. The van der Waals surface area contributed by atoms with Crippen LogP contribution in [-0.4, -0.2) is 12.1 Å².